The lowest BCUT2D eigenvalue weighted by Gasteiger charge is -2.34. The molecule has 2 aromatic carbocycles. The van der Waals surface area contributed by atoms with E-state index in [0.717, 1.165) is 54.6 Å². The van der Waals surface area contributed by atoms with Gasteiger partial charge >= 0.3 is 0 Å². The van der Waals surface area contributed by atoms with Crippen LogP contribution in [0.4, 0.5) is 5.69 Å². The van der Waals surface area contributed by atoms with Crippen LogP contribution in [0.1, 0.15) is 48.6 Å². The first-order chi connectivity index (χ1) is 18.3. The van der Waals surface area contributed by atoms with Crippen LogP contribution in [0.5, 0.6) is 0 Å². The van der Waals surface area contributed by atoms with Gasteiger partial charge in [0.1, 0.15) is 5.69 Å². The predicted molar refractivity (Wildman–Crippen MR) is 154 cm³/mol. The molecule has 6 rings (SSSR count). The molecular formula is C31H34N4O2S. The van der Waals surface area contributed by atoms with Crippen molar-refractivity contribution in [2.24, 2.45) is 0 Å². The molecule has 196 valence electrons. The highest BCUT2D eigenvalue weighted by molar-refractivity contribution is 7.13. The highest BCUT2D eigenvalue weighted by Gasteiger charge is 2.37. The fourth-order valence-corrected chi connectivity index (χ4v) is 6.15. The van der Waals surface area contributed by atoms with Crippen LogP contribution in [-0.4, -0.2) is 59.2 Å². The van der Waals surface area contributed by atoms with Gasteiger partial charge in [0.2, 0.25) is 5.82 Å². The number of amides is 1. The number of hydrogen-bond acceptors (Lipinski definition) is 5. The van der Waals surface area contributed by atoms with E-state index in [-0.39, 0.29) is 17.5 Å². The fraction of sp³-hybridized carbons (Fsp3) is 0.355. The first kappa shape index (κ1) is 24.9. The second kappa shape index (κ2) is 9.71. The maximum atomic E-state index is 14.1. The molecule has 4 aromatic rings. The maximum Gasteiger partial charge on any atom is 0.290 e. The molecular weight excluding hydrogens is 492 g/mol. The normalized spacial score (nSPS) is 17.2. The van der Waals surface area contributed by atoms with Crippen molar-refractivity contribution in [1.29, 1.82) is 0 Å². The van der Waals surface area contributed by atoms with E-state index in [0.29, 0.717) is 5.82 Å². The lowest BCUT2D eigenvalue weighted by atomic mass is 9.89. The Bertz CT molecular complexity index is 1460. The summed E-state index contributed by atoms with van der Waals surface area (Å²) in [7, 11) is 1.87. The number of carbonyl (C=O) groups excluding carboxylic acids is 1. The number of benzene rings is 2. The van der Waals surface area contributed by atoms with Crippen LogP contribution in [0.15, 0.2) is 66.0 Å². The van der Waals surface area contributed by atoms with Gasteiger partial charge in [0, 0.05) is 36.9 Å². The monoisotopic (exact) mass is 526 g/mol. The van der Waals surface area contributed by atoms with Crippen molar-refractivity contribution in [3.63, 3.8) is 0 Å². The van der Waals surface area contributed by atoms with E-state index in [1.165, 1.54) is 16.8 Å². The average Bonchev–Trinajstić information content (AvgIpc) is 3.61. The van der Waals surface area contributed by atoms with Gasteiger partial charge in [-0.2, -0.15) is 0 Å². The molecule has 1 atom stereocenters. The number of ether oxygens (including phenoxy) is 1. The molecule has 1 saturated heterocycles. The van der Waals surface area contributed by atoms with Gasteiger partial charge in [-0.3, -0.25) is 4.79 Å². The summed E-state index contributed by atoms with van der Waals surface area (Å²) >= 11 is 1.66. The molecule has 0 aliphatic carbocycles. The van der Waals surface area contributed by atoms with Gasteiger partial charge in [-0.25, -0.2) is 4.98 Å². The topological polar surface area (TPSA) is 50.6 Å². The molecule has 7 heteroatoms. The number of imidazole rings is 1. The number of anilines is 1. The number of nitrogens with zero attached hydrogens (tertiary/aromatic N) is 4. The Balaban J connectivity index is 1.57. The van der Waals surface area contributed by atoms with E-state index in [1.54, 1.807) is 11.3 Å². The SMILES string of the molecule is CN(C(=O)c1nc(-c2cccs2)c2n1C(c1cccc(N3CCOCC3)c1)Cc1ccccc1-2)C(C)(C)C. The summed E-state index contributed by atoms with van der Waals surface area (Å²) < 4.78 is 7.81. The van der Waals surface area contributed by atoms with E-state index in [1.807, 2.05) is 18.0 Å². The molecule has 1 unspecified atom stereocenters. The maximum absolute atomic E-state index is 14.1. The van der Waals surface area contributed by atoms with Gasteiger partial charge in [-0.05, 0) is 61.9 Å². The number of hydrogen-bond donors (Lipinski definition) is 0. The summed E-state index contributed by atoms with van der Waals surface area (Å²) in [5.74, 6) is 0.437. The summed E-state index contributed by atoms with van der Waals surface area (Å²) in [5, 5.41) is 2.07. The smallest absolute Gasteiger partial charge is 0.290 e. The lowest BCUT2D eigenvalue weighted by molar-refractivity contribution is 0.0636. The molecule has 0 N–H and O–H groups in total. The summed E-state index contributed by atoms with van der Waals surface area (Å²) in [6.45, 7) is 9.44. The van der Waals surface area contributed by atoms with E-state index in [2.05, 4.69) is 90.2 Å². The molecule has 2 aliphatic rings. The highest BCUT2D eigenvalue weighted by Crippen LogP contribution is 2.45. The first-order valence-electron chi connectivity index (χ1n) is 13.3. The second-order valence-corrected chi connectivity index (χ2v) is 12.0. The Morgan fingerprint density at radius 2 is 1.84 bits per heavy atom. The Morgan fingerprint density at radius 1 is 1.05 bits per heavy atom. The van der Waals surface area contributed by atoms with E-state index < -0.39 is 0 Å². The van der Waals surface area contributed by atoms with Crippen molar-refractivity contribution in [3.8, 4) is 21.8 Å². The van der Waals surface area contributed by atoms with Crippen LogP contribution in [0.3, 0.4) is 0 Å². The van der Waals surface area contributed by atoms with Gasteiger partial charge in [-0.1, -0.05) is 42.5 Å². The Labute approximate surface area is 228 Å². The molecule has 6 nitrogen and oxygen atoms in total. The third-order valence-electron chi connectivity index (χ3n) is 7.80. The van der Waals surface area contributed by atoms with Crippen molar-refractivity contribution in [2.45, 2.75) is 38.8 Å². The standard InChI is InChI=1S/C31H34N4O2S/c1-31(2,3)33(4)30(36)29-32-27(26-13-8-18-38-26)28-24-12-6-5-9-21(24)20-25(35(28)29)22-10-7-11-23(19-22)34-14-16-37-17-15-34/h5-13,18-19,25H,14-17,20H2,1-4H3. The highest BCUT2D eigenvalue weighted by atomic mass is 32.1. The van der Waals surface area contributed by atoms with Gasteiger partial charge in [0.05, 0.1) is 29.8 Å². The number of morpholine rings is 1. The second-order valence-electron chi connectivity index (χ2n) is 11.1. The van der Waals surface area contributed by atoms with Gasteiger partial charge < -0.3 is 19.1 Å². The molecule has 4 heterocycles. The van der Waals surface area contributed by atoms with Gasteiger partial charge in [0.15, 0.2) is 0 Å². The molecule has 0 radical (unpaired) electrons. The third kappa shape index (κ3) is 4.33. The van der Waals surface area contributed by atoms with Crippen LogP contribution < -0.4 is 4.90 Å². The van der Waals surface area contributed by atoms with Crippen molar-refractivity contribution in [3.05, 3.63) is 83.0 Å². The Morgan fingerprint density at radius 3 is 2.58 bits per heavy atom. The zero-order valence-electron chi connectivity index (χ0n) is 22.5. The zero-order valence-corrected chi connectivity index (χ0v) is 23.3. The van der Waals surface area contributed by atoms with Crippen LogP contribution in [0.25, 0.3) is 21.8 Å². The summed E-state index contributed by atoms with van der Waals surface area (Å²) in [6, 6.07) is 21.5. The van der Waals surface area contributed by atoms with Crippen LogP contribution in [-0.2, 0) is 11.2 Å². The van der Waals surface area contributed by atoms with Crippen LogP contribution in [0.2, 0.25) is 0 Å². The third-order valence-corrected chi connectivity index (χ3v) is 8.67. The number of carbonyl (C=O) groups is 1. The Hall–Kier alpha value is -3.42. The number of thiophene rings is 1. The molecule has 2 aliphatic heterocycles. The van der Waals surface area contributed by atoms with Gasteiger partial charge in [-0.15, -0.1) is 11.3 Å². The minimum absolute atomic E-state index is 0.0468. The van der Waals surface area contributed by atoms with Crippen molar-refractivity contribution < 1.29 is 9.53 Å². The quantitative estimate of drug-likeness (QED) is 0.321. The molecule has 0 saturated carbocycles. The summed E-state index contributed by atoms with van der Waals surface area (Å²) in [5.41, 5.74) is 6.40. The zero-order chi connectivity index (χ0) is 26.4. The van der Waals surface area contributed by atoms with E-state index in [4.69, 9.17) is 9.72 Å². The minimum Gasteiger partial charge on any atom is -0.378 e. The molecule has 1 amide bonds. The average molecular weight is 527 g/mol. The molecule has 0 bridgehead atoms. The molecule has 38 heavy (non-hydrogen) atoms. The molecule has 1 fully saturated rings. The molecule has 0 spiro atoms. The van der Waals surface area contributed by atoms with Crippen LogP contribution in [0, 0.1) is 0 Å². The number of aromatic nitrogens is 2. The minimum atomic E-state index is -0.328. The van der Waals surface area contributed by atoms with E-state index >= 15 is 0 Å². The van der Waals surface area contributed by atoms with Crippen molar-refractivity contribution in [1.82, 2.24) is 14.5 Å². The van der Waals surface area contributed by atoms with Crippen molar-refractivity contribution >= 4 is 22.9 Å². The predicted octanol–water partition coefficient (Wildman–Crippen LogP) is 6.13. The Kier molecular flexibility index (Phi) is 6.36. The lowest BCUT2D eigenvalue weighted by Crippen LogP contribution is -2.44. The largest absolute Gasteiger partial charge is 0.378 e. The number of rotatable bonds is 4. The number of fused-ring (bicyclic) bond motifs is 3. The van der Waals surface area contributed by atoms with E-state index in [9.17, 15) is 4.79 Å². The van der Waals surface area contributed by atoms with Crippen LogP contribution >= 0.6 is 11.3 Å². The first-order valence-corrected chi connectivity index (χ1v) is 14.2. The molecule has 2 aromatic heterocycles. The summed E-state index contributed by atoms with van der Waals surface area (Å²) in [4.78, 5) is 24.4. The fourth-order valence-electron chi connectivity index (χ4n) is 5.43. The van der Waals surface area contributed by atoms with Crippen molar-refractivity contribution in [2.75, 3.05) is 38.3 Å². The van der Waals surface area contributed by atoms with Gasteiger partial charge in [0.25, 0.3) is 5.91 Å². The summed E-state index contributed by atoms with van der Waals surface area (Å²) in [6.07, 6.45) is 0.801.